The SMILES string of the molecule is C=CCCC1CCC2CC(C3CCc4cc(OCCC)ccc4C3)CCC2C1. The molecule has 1 aromatic rings. The van der Waals surface area contributed by atoms with Crippen LogP contribution in [0.3, 0.4) is 0 Å². The van der Waals surface area contributed by atoms with Gasteiger partial charge in [0.1, 0.15) is 5.75 Å². The molecule has 0 amide bonds. The van der Waals surface area contributed by atoms with Crippen molar-refractivity contribution in [3.05, 3.63) is 42.0 Å². The highest BCUT2D eigenvalue weighted by Gasteiger charge is 2.38. The number of hydrogen-bond donors (Lipinski definition) is 0. The van der Waals surface area contributed by atoms with Gasteiger partial charge >= 0.3 is 0 Å². The topological polar surface area (TPSA) is 9.23 Å². The summed E-state index contributed by atoms with van der Waals surface area (Å²) in [6.45, 7) is 6.92. The van der Waals surface area contributed by atoms with E-state index in [4.69, 9.17) is 4.74 Å². The van der Waals surface area contributed by atoms with Crippen LogP contribution in [0, 0.1) is 29.6 Å². The lowest BCUT2D eigenvalue weighted by Crippen LogP contribution is -2.35. The standard InChI is InChI=1S/C27H40O/c1-3-5-6-20-7-8-22-17-23(10-9-21(22)16-20)24-11-12-26-19-27(28-15-4-2)14-13-25(26)18-24/h3,13-14,19-24H,1,4-12,15-18H2,2H3. The molecule has 0 heterocycles. The second-order valence-corrected chi connectivity index (χ2v) is 9.92. The van der Waals surface area contributed by atoms with Gasteiger partial charge in [0, 0.05) is 0 Å². The fourth-order valence-corrected chi connectivity index (χ4v) is 6.54. The first-order chi connectivity index (χ1) is 13.8. The largest absolute Gasteiger partial charge is 0.494 e. The smallest absolute Gasteiger partial charge is 0.119 e. The second kappa shape index (κ2) is 9.51. The number of aryl methyl sites for hydroxylation is 1. The molecule has 3 aliphatic carbocycles. The number of hydrogen-bond acceptors (Lipinski definition) is 1. The van der Waals surface area contributed by atoms with Gasteiger partial charge in [0.15, 0.2) is 0 Å². The minimum Gasteiger partial charge on any atom is -0.494 e. The van der Waals surface area contributed by atoms with Gasteiger partial charge in [-0.05, 0) is 123 Å². The van der Waals surface area contributed by atoms with Crippen molar-refractivity contribution in [1.82, 2.24) is 0 Å². The minimum atomic E-state index is 0.834. The normalized spacial score (nSPS) is 32.2. The number of fused-ring (bicyclic) bond motifs is 2. The van der Waals surface area contributed by atoms with Crippen LogP contribution in [-0.2, 0) is 12.8 Å². The predicted molar refractivity (Wildman–Crippen MR) is 119 cm³/mol. The number of benzene rings is 1. The number of rotatable bonds is 7. The summed E-state index contributed by atoms with van der Waals surface area (Å²) in [4.78, 5) is 0. The molecule has 0 aliphatic heterocycles. The third-order valence-corrected chi connectivity index (χ3v) is 8.13. The zero-order valence-electron chi connectivity index (χ0n) is 18.0. The van der Waals surface area contributed by atoms with E-state index in [1.54, 1.807) is 11.1 Å². The van der Waals surface area contributed by atoms with E-state index in [9.17, 15) is 0 Å². The molecule has 4 rings (SSSR count). The molecule has 1 heteroatoms. The molecule has 3 aliphatic rings. The Bertz CT molecular complexity index is 648. The van der Waals surface area contributed by atoms with Crippen LogP contribution in [0.2, 0.25) is 0 Å². The lowest BCUT2D eigenvalue weighted by Gasteiger charge is -2.45. The zero-order valence-corrected chi connectivity index (χ0v) is 18.0. The van der Waals surface area contributed by atoms with Crippen molar-refractivity contribution in [1.29, 1.82) is 0 Å². The van der Waals surface area contributed by atoms with E-state index in [-0.39, 0.29) is 0 Å². The van der Waals surface area contributed by atoms with Crippen molar-refractivity contribution in [2.24, 2.45) is 29.6 Å². The van der Waals surface area contributed by atoms with Crippen LogP contribution in [0.15, 0.2) is 30.9 Å². The Labute approximate surface area is 173 Å². The Morgan fingerprint density at radius 1 is 0.964 bits per heavy atom. The molecule has 5 unspecified atom stereocenters. The molecule has 2 fully saturated rings. The van der Waals surface area contributed by atoms with E-state index < -0.39 is 0 Å². The third-order valence-electron chi connectivity index (χ3n) is 8.13. The first-order valence-corrected chi connectivity index (χ1v) is 12.1. The molecule has 0 N–H and O–H groups in total. The summed E-state index contributed by atoms with van der Waals surface area (Å²) in [5, 5.41) is 0. The van der Waals surface area contributed by atoms with Gasteiger partial charge in [-0.25, -0.2) is 0 Å². The van der Waals surface area contributed by atoms with Crippen LogP contribution >= 0.6 is 0 Å². The monoisotopic (exact) mass is 380 g/mol. The highest BCUT2D eigenvalue weighted by atomic mass is 16.5. The molecule has 0 radical (unpaired) electrons. The van der Waals surface area contributed by atoms with Crippen LogP contribution < -0.4 is 4.74 Å². The van der Waals surface area contributed by atoms with Gasteiger partial charge in [-0.2, -0.15) is 0 Å². The maximum atomic E-state index is 5.85. The Hall–Kier alpha value is -1.24. The lowest BCUT2D eigenvalue weighted by molar-refractivity contribution is 0.0699. The minimum absolute atomic E-state index is 0.834. The lowest BCUT2D eigenvalue weighted by atomic mass is 9.61. The molecule has 5 atom stereocenters. The molecular weight excluding hydrogens is 340 g/mol. The van der Waals surface area contributed by atoms with Crippen molar-refractivity contribution >= 4 is 0 Å². The van der Waals surface area contributed by atoms with Crippen molar-refractivity contribution in [2.45, 2.75) is 84.0 Å². The zero-order chi connectivity index (χ0) is 19.3. The van der Waals surface area contributed by atoms with E-state index >= 15 is 0 Å². The molecule has 1 nitrogen and oxygen atoms in total. The Balaban J connectivity index is 1.31. The van der Waals surface area contributed by atoms with Crippen LogP contribution in [0.25, 0.3) is 0 Å². The molecular formula is C27H40O. The van der Waals surface area contributed by atoms with Crippen molar-refractivity contribution in [3.63, 3.8) is 0 Å². The maximum absolute atomic E-state index is 5.85. The Morgan fingerprint density at radius 3 is 2.57 bits per heavy atom. The Kier molecular flexibility index (Phi) is 6.81. The molecule has 1 aromatic carbocycles. The fraction of sp³-hybridized carbons (Fsp3) is 0.704. The van der Waals surface area contributed by atoms with Gasteiger partial charge in [-0.1, -0.05) is 25.5 Å². The molecule has 154 valence electrons. The number of allylic oxidation sites excluding steroid dienone is 1. The summed E-state index contributed by atoms with van der Waals surface area (Å²) < 4.78 is 5.85. The molecule has 0 bridgehead atoms. The van der Waals surface area contributed by atoms with Crippen molar-refractivity contribution in [3.8, 4) is 5.75 Å². The van der Waals surface area contributed by atoms with Crippen molar-refractivity contribution < 1.29 is 4.74 Å². The number of ether oxygens (including phenoxy) is 1. The summed E-state index contributed by atoms with van der Waals surface area (Å²) >= 11 is 0. The molecule has 28 heavy (non-hydrogen) atoms. The highest BCUT2D eigenvalue weighted by Crippen LogP contribution is 2.49. The summed E-state index contributed by atoms with van der Waals surface area (Å²) in [5.74, 6) is 6.04. The van der Waals surface area contributed by atoms with E-state index in [0.29, 0.717) is 0 Å². The summed E-state index contributed by atoms with van der Waals surface area (Å²) in [7, 11) is 0. The van der Waals surface area contributed by atoms with Crippen LogP contribution in [0.5, 0.6) is 5.75 Å². The summed E-state index contributed by atoms with van der Waals surface area (Å²) in [5.41, 5.74) is 3.16. The predicted octanol–water partition coefficient (Wildman–Crippen LogP) is 7.38. The van der Waals surface area contributed by atoms with Gasteiger partial charge in [0.25, 0.3) is 0 Å². The van der Waals surface area contributed by atoms with Crippen LogP contribution in [0.4, 0.5) is 0 Å². The second-order valence-electron chi connectivity index (χ2n) is 9.92. The fourth-order valence-electron chi connectivity index (χ4n) is 6.54. The van der Waals surface area contributed by atoms with Gasteiger partial charge in [0.05, 0.1) is 6.61 Å². The van der Waals surface area contributed by atoms with E-state index in [1.165, 1.54) is 70.6 Å². The van der Waals surface area contributed by atoms with Crippen molar-refractivity contribution in [2.75, 3.05) is 6.61 Å². The van der Waals surface area contributed by atoms with Crippen LogP contribution in [-0.4, -0.2) is 6.61 Å². The first-order valence-electron chi connectivity index (χ1n) is 12.1. The van der Waals surface area contributed by atoms with Gasteiger partial charge < -0.3 is 4.74 Å². The van der Waals surface area contributed by atoms with Gasteiger partial charge in [0.2, 0.25) is 0 Å². The van der Waals surface area contributed by atoms with Crippen LogP contribution in [0.1, 0.15) is 82.3 Å². The van der Waals surface area contributed by atoms with Gasteiger partial charge in [-0.15, -0.1) is 6.58 Å². The third kappa shape index (κ3) is 4.66. The van der Waals surface area contributed by atoms with E-state index in [0.717, 1.165) is 48.4 Å². The molecule has 2 saturated carbocycles. The van der Waals surface area contributed by atoms with E-state index in [1.807, 2.05) is 0 Å². The summed E-state index contributed by atoms with van der Waals surface area (Å²) in [6.07, 6.45) is 18.8. The van der Waals surface area contributed by atoms with E-state index in [2.05, 4.69) is 37.8 Å². The molecule has 0 saturated heterocycles. The highest BCUT2D eigenvalue weighted by molar-refractivity contribution is 5.37. The quantitative estimate of drug-likeness (QED) is 0.448. The molecule has 0 spiro atoms. The first kappa shape index (κ1) is 20.0. The maximum Gasteiger partial charge on any atom is 0.119 e. The molecule has 0 aromatic heterocycles. The Morgan fingerprint density at radius 2 is 1.75 bits per heavy atom. The van der Waals surface area contributed by atoms with Gasteiger partial charge in [-0.3, -0.25) is 0 Å². The average molecular weight is 381 g/mol. The average Bonchev–Trinajstić information content (AvgIpc) is 2.75. The summed E-state index contributed by atoms with van der Waals surface area (Å²) in [6, 6.07) is 6.89.